The van der Waals surface area contributed by atoms with E-state index in [0.29, 0.717) is 5.46 Å². The minimum absolute atomic E-state index is 0.124. The zero-order valence-electron chi connectivity index (χ0n) is 12.7. The van der Waals surface area contributed by atoms with Crippen LogP contribution in [0.5, 0.6) is 5.75 Å². The van der Waals surface area contributed by atoms with Gasteiger partial charge in [-0.15, -0.1) is 0 Å². The first-order valence-electron chi connectivity index (χ1n) is 6.78. The fourth-order valence-electron chi connectivity index (χ4n) is 2.22. The highest BCUT2D eigenvalue weighted by Crippen LogP contribution is 2.27. The standard InChI is InChI=1S/C14H20BNO5/c1-14(2,3)20-13(18)16-8-11-9-6-5-7-10(17)12(9)15(19-4)21-11/h5-7,11,17H,8H2,1-4H3,(H,16,18). The van der Waals surface area contributed by atoms with Crippen LogP contribution in [0.25, 0.3) is 0 Å². The van der Waals surface area contributed by atoms with Gasteiger partial charge in [-0.3, -0.25) is 0 Å². The van der Waals surface area contributed by atoms with Crippen LogP contribution in [-0.2, 0) is 14.0 Å². The molecule has 1 atom stereocenters. The number of hydrogen-bond acceptors (Lipinski definition) is 5. The van der Waals surface area contributed by atoms with Crippen LogP contribution < -0.4 is 10.8 Å². The first-order chi connectivity index (χ1) is 9.81. The predicted molar refractivity (Wildman–Crippen MR) is 78.6 cm³/mol. The number of carbonyl (C=O) groups is 1. The number of amides is 1. The maximum Gasteiger partial charge on any atom is 0.498 e. The molecule has 0 bridgehead atoms. The minimum Gasteiger partial charge on any atom is -0.508 e. The third kappa shape index (κ3) is 3.68. The highest BCUT2D eigenvalue weighted by atomic mass is 16.6. The SMILES string of the molecule is COB1OC(CNC(=O)OC(C)(C)C)c2cccc(O)c21. The van der Waals surface area contributed by atoms with E-state index < -0.39 is 18.8 Å². The molecule has 114 valence electrons. The first kappa shape index (κ1) is 15.7. The van der Waals surface area contributed by atoms with Gasteiger partial charge in [0.2, 0.25) is 0 Å². The number of alkyl carbamates (subject to hydrolysis) is 1. The van der Waals surface area contributed by atoms with Gasteiger partial charge in [0, 0.05) is 19.1 Å². The van der Waals surface area contributed by atoms with Gasteiger partial charge in [-0.2, -0.15) is 0 Å². The third-order valence-corrected chi connectivity index (χ3v) is 3.03. The molecule has 1 aliphatic heterocycles. The summed E-state index contributed by atoms with van der Waals surface area (Å²) in [5, 5.41) is 12.6. The zero-order valence-corrected chi connectivity index (χ0v) is 12.7. The molecule has 0 saturated heterocycles. The predicted octanol–water partition coefficient (Wildman–Crippen LogP) is 1.33. The van der Waals surface area contributed by atoms with Crippen LogP contribution in [0.2, 0.25) is 0 Å². The second kappa shape index (κ2) is 5.95. The Morgan fingerprint density at radius 2 is 2.19 bits per heavy atom. The Kier molecular flexibility index (Phi) is 4.44. The summed E-state index contributed by atoms with van der Waals surface area (Å²) in [6.07, 6.45) is -0.891. The Morgan fingerprint density at radius 3 is 2.81 bits per heavy atom. The lowest BCUT2D eigenvalue weighted by molar-refractivity contribution is 0.0497. The minimum atomic E-state index is -0.633. The summed E-state index contributed by atoms with van der Waals surface area (Å²) < 4.78 is 16.1. The quantitative estimate of drug-likeness (QED) is 0.822. The van der Waals surface area contributed by atoms with Crippen LogP contribution in [0.15, 0.2) is 18.2 Å². The van der Waals surface area contributed by atoms with Crippen molar-refractivity contribution in [2.75, 3.05) is 13.7 Å². The molecule has 7 heteroatoms. The van der Waals surface area contributed by atoms with E-state index in [-0.39, 0.29) is 18.4 Å². The number of phenols is 1. The number of benzene rings is 1. The van der Waals surface area contributed by atoms with Gasteiger partial charge in [-0.25, -0.2) is 4.79 Å². The molecule has 1 aliphatic rings. The molecule has 0 spiro atoms. The van der Waals surface area contributed by atoms with Crippen molar-refractivity contribution < 1.29 is 23.9 Å². The van der Waals surface area contributed by atoms with Crippen molar-refractivity contribution in [1.29, 1.82) is 0 Å². The Bertz CT molecular complexity index is 529. The van der Waals surface area contributed by atoms with Gasteiger partial charge in [0.05, 0.1) is 6.10 Å². The molecule has 2 N–H and O–H groups in total. The van der Waals surface area contributed by atoms with Crippen LogP contribution >= 0.6 is 0 Å². The number of aromatic hydroxyl groups is 1. The summed E-state index contributed by atoms with van der Waals surface area (Å²) >= 11 is 0. The monoisotopic (exact) mass is 293 g/mol. The van der Waals surface area contributed by atoms with Crippen LogP contribution in [0.3, 0.4) is 0 Å². The zero-order chi connectivity index (χ0) is 15.6. The molecule has 0 aliphatic carbocycles. The molecule has 1 heterocycles. The third-order valence-electron chi connectivity index (χ3n) is 3.03. The smallest absolute Gasteiger partial charge is 0.498 e. The van der Waals surface area contributed by atoms with Crippen LogP contribution in [0.1, 0.15) is 32.4 Å². The Labute approximate surface area is 124 Å². The maximum atomic E-state index is 11.7. The van der Waals surface area contributed by atoms with E-state index in [0.717, 1.165) is 5.56 Å². The van der Waals surface area contributed by atoms with Crippen molar-refractivity contribution in [1.82, 2.24) is 5.32 Å². The normalized spacial score (nSPS) is 17.5. The van der Waals surface area contributed by atoms with Crippen LogP contribution in [-0.4, -0.2) is 37.6 Å². The Morgan fingerprint density at radius 1 is 1.48 bits per heavy atom. The number of nitrogens with one attached hydrogen (secondary N) is 1. The summed E-state index contributed by atoms with van der Waals surface area (Å²) in [4.78, 5) is 11.7. The summed E-state index contributed by atoms with van der Waals surface area (Å²) in [5.41, 5.74) is 0.861. The van der Waals surface area contributed by atoms with Crippen LogP contribution in [0, 0.1) is 0 Å². The second-order valence-electron chi connectivity index (χ2n) is 5.86. The summed E-state index contributed by atoms with van der Waals surface area (Å²) in [7, 11) is 0.872. The molecule has 0 fully saturated rings. The lowest BCUT2D eigenvalue weighted by atomic mass is 9.78. The molecule has 0 saturated carbocycles. The van der Waals surface area contributed by atoms with E-state index in [9.17, 15) is 9.90 Å². The number of phenolic OH excluding ortho intramolecular Hbond substituents is 1. The lowest BCUT2D eigenvalue weighted by Crippen LogP contribution is -2.35. The van der Waals surface area contributed by atoms with Gasteiger partial charge in [-0.1, -0.05) is 12.1 Å². The fourth-order valence-corrected chi connectivity index (χ4v) is 2.22. The molecule has 21 heavy (non-hydrogen) atoms. The van der Waals surface area contributed by atoms with Crippen LogP contribution in [0.4, 0.5) is 4.79 Å². The topological polar surface area (TPSA) is 77.0 Å². The molecule has 1 unspecified atom stereocenters. The van der Waals surface area contributed by atoms with Gasteiger partial charge in [0.25, 0.3) is 0 Å². The number of carbonyl (C=O) groups excluding carboxylic acids is 1. The molecular weight excluding hydrogens is 273 g/mol. The van der Waals surface area contributed by atoms with E-state index in [2.05, 4.69) is 5.32 Å². The lowest BCUT2D eigenvalue weighted by Gasteiger charge is -2.21. The number of fused-ring (bicyclic) bond motifs is 1. The van der Waals surface area contributed by atoms with Crippen molar-refractivity contribution in [3.8, 4) is 5.75 Å². The van der Waals surface area contributed by atoms with E-state index in [1.807, 2.05) is 6.07 Å². The Hall–Kier alpha value is -1.73. The molecular formula is C14H20BNO5. The molecule has 6 nitrogen and oxygen atoms in total. The van der Waals surface area contributed by atoms with E-state index in [4.69, 9.17) is 14.0 Å². The molecule has 1 aromatic carbocycles. The molecule has 0 aromatic heterocycles. The summed E-state index contributed by atoms with van der Waals surface area (Å²) in [5.74, 6) is 0.124. The number of hydrogen-bond donors (Lipinski definition) is 2. The summed E-state index contributed by atoms with van der Waals surface area (Å²) in [6.45, 7) is 5.64. The number of ether oxygens (including phenoxy) is 1. The molecule has 1 amide bonds. The molecule has 2 rings (SSSR count). The van der Waals surface area contributed by atoms with E-state index in [1.165, 1.54) is 7.11 Å². The van der Waals surface area contributed by atoms with Gasteiger partial charge >= 0.3 is 13.2 Å². The van der Waals surface area contributed by atoms with Crippen molar-refractivity contribution in [3.05, 3.63) is 23.8 Å². The van der Waals surface area contributed by atoms with Gasteiger partial charge in [-0.05, 0) is 32.4 Å². The van der Waals surface area contributed by atoms with E-state index in [1.54, 1.807) is 32.9 Å². The average Bonchev–Trinajstić information content (AvgIpc) is 2.74. The fraction of sp³-hybridized carbons (Fsp3) is 0.500. The second-order valence-corrected chi connectivity index (χ2v) is 5.86. The van der Waals surface area contributed by atoms with Crippen molar-refractivity contribution in [2.24, 2.45) is 0 Å². The van der Waals surface area contributed by atoms with Crippen molar-refractivity contribution in [3.63, 3.8) is 0 Å². The first-order valence-corrected chi connectivity index (χ1v) is 6.78. The largest absolute Gasteiger partial charge is 0.508 e. The highest BCUT2D eigenvalue weighted by molar-refractivity contribution is 6.64. The molecule has 1 aromatic rings. The summed E-state index contributed by atoms with van der Waals surface area (Å²) in [6, 6.07) is 5.16. The number of rotatable bonds is 3. The van der Waals surface area contributed by atoms with E-state index >= 15 is 0 Å². The molecule has 0 radical (unpaired) electrons. The average molecular weight is 293 g/mol. The Balaban J connectivity index is 2.04. The van der Waals surface area contributed by atoms with Gasteiger partial charge < -0.3 is 24.5 Å². The van der Waals surface area contributed by atoms with Crippen molar-refractivity contribution >= 4 is 18.7 Å². The maximum absolute atomic E-state index is 11.7. The highest BCUT2D eigenvalue weighted by Gasteiger charge is 2.39. The van der Waals surface area contributed by atoms with Gasteiger partial charge in [0.1, 0.15) is 11.4 Å². The van der Waals surface area contributed by atoms with Gasteiger partial charge in [0.15, 0.2) is 0 Å². The van der Waals surface area contributed by atoms with Crippen molar-refractivity contribution in [2.45, 2.75) is 32.5 Å².